The smallest absolute Gasteiger partial charge is 0.263 e. The highest BCUT2D eigenvalue weighted by molar-refractivity contribution is 7.90. The summed E-state index contributed by atoms with van der Waals surface area (Å²) in [5, 5.41) is 2.94. The van der Waals surface area contributed by atoms with Crippen LogP contribution in [0.2, 0.25) is 0 Å². The van der Waals surface area contributed by atoms with E-state index in [1.54, 1.807) is 24.3 Å². The number of nitrogens with zero attached hydrogens (tertiary/aromatic N) is 2. The molecule has 2 aliphatic heterocycles. The first-order chi connectivity index (χ1) is 16.8. The predicted octanol–water partition coefficient (Wildman–Crippen LogP) is 2.37. The summed E-state index contributed by atoms with van der Waals surface area (Å²) in [4.78, 5) is 31.7. The van der Waals surface area contributed by atoms with Gasteiger partial charge < -0.3 is 11.1 Å². The number of carbonyl (C=O) groups excluding carboxylic acids is 2. The first-order valence-corrected chi connectivity index (χ1v) is 13.4. The zero-order chi connectivity index (χ0) is 25.0. The second-order valence-electron chi connectivity index (χ2n) is 8.96. The third-order valence-electron chi connectivity index (χ3n) is 6.35. The SMILES string of the molecule is CCCCC(N=C1NS(=O)(=O)c2ccccc21)C(=O)Nc1cccc(CN2CCCC2C(N)=O)c1. The van der Waals surface area contributed by atoms with Crippen LogP contribution >= 0.6 is 0 Å². The Morgan fingerprint density at radius 3 is 2.80 bits per heavy atom. The van der Waals surface area contributed by atoms with Crippen molar-refractivity contribution in [3.05, 3.63) is 59.7 Å². The number of rotatable bonds is 9. The van der Waals surface area contributed by atoms with Gasteiger partial charge in [-0.2, -0.15) is 0 Å². The van der Waals surface area contributed by atoms with Crippen molar-refractivity contribution in [1.29, 1.82) is 0 Å². The van der Waals surface area contributed by atoms with Gasteiger partial charge in [-0.1, -0.05) is 44.0 Å². The van der Waals surface area contributed by atoms with Gasteiger partial charge in [-0.05, 0) is 55.6 Å². The number of nitrogens with one attached hydrogen (secondary N) is 2. The molecule has 10 heteroatoms. The van der Waals surface area contributed by atoms with E-state index in [1.807, 2.05) is 25.1 Å². The lowest BCUT2D eigenvalue weighted by atomic mass is 10.1. The molecule has 0 radical (unpaired) electrons. The van der Waals surface area contributed by atoms with Gasteiger partial charge >= 0.3 is 0 Å². The molecule has 2 aromatic rings. The Labute approximate surface area is 205 Å². The van der Waals surface area contributed by atoms with Gasteiger partial charge in [-0.15, -0.1) is 0 Å². The van der Waals surface area contributed by atoms with E-state index >= 15 is 0 Å². The summed E-state index contributed by atoms with van der Waals surface area (Å²) in [5.41, 5.74) is 7.59. The lowest BCUT2D eigenvalue weighted by Gasteiger charge is -2.22. The van der Waals surface area contributed by atoms with E-state index in [9.17, 15) is 18.0 Å². The fourth-order valence-electron chi connectivity index (χ4n) is 4.58. The highest BCUT2D eigenvalue weighted by Crippen LogP contribution is 2.24. The molecule has 9 nitrogen and oxygen atoms in total. The molecule has 2 aliphatic rings. The van der Waals surface area contributed by atoms with E-state index in [4.69, 9.17) is 5.73 Å². The van der Waals surface area contributed by atoms with Gasteiger partial charge in [-0.3, -0.25) is 24.2 Å². The summed E-state index contributed by atoms with van der Waals surface area (Å²) in [6.45, 7) is 3.40. The molecule has 4 rings (SSSR count). The van der Waals surface area contributed by atoms with Crippen LogP contribution in [-0.4, -0.2) is 49.6 Å². The van der Waals surface area contributed by atoms with E-state index in [1.165, 1.54) is 6.07 Å². The molecule has 4 N–H and O–H groups in total. The number of hydrogen-bond acceptors (Lipinski definition) is 6. The van der Waals surface area contributed by atoms with Crippen molar-refractivity contribution in [2.45, 2.75) is 62.6 Å². The molecule has 2 aromatic carbocycles. The van der Waals surface area contributed by atoms with Gasteiger partial charge in [0.2, 0.25) is 11.8 Å². The Bertz CT molecular complexity index is 1240. The van der Waals surface area contributed by atoms with Crippen molar-refractivity contribution in [1.82, 2.24) is 9.62 Å². The van der Waals surface area contributed by atoms with Crippen molar-refractivity contribution in [3.63, 3.8) is 0 Å². The van der Waals surface area contributed by atoms with E-state index in [2.05, 4.69) is 19.9 Å². The molecule has 1 fully saturated rings. The summed E-state index contributed by atoms with van der Waals surface area (Å²) >= 11 is 0. The van der Waals surface area contributed by atoms with Crippen LogP contribution in [0.4, 0.5) is 5.69 Å². The number of carbonyl (C=O) groups is 2. The van der Waals surface area contributed by atoms with Gasteiger partial charge in [0.25, 0.3) is 10.0 Å². The molecule has 35 heavy (non-hydrogen) atoms. The molecule has 2 heterocycles. The zero-order valence-electron chi connectivity index (χ0n) is 19.7. The second kappa shape index (κ2) is 10.6. The number of primary amides is 1. The first-order valence-electron chi connectivity index (χ1n) is 11.9. The quantitative estimate of drug-likeness (QED) is 0.489. The summed E-state index contributed by atoms with van der Waals surface area (Å²) < 4.78 is 27.4. The molecule has 0 aromatic heterocycles. The Hall–Kier alpha value is -3.24. The number of nitrogens with two attached hydrogens (primary N) is 1. The fraction of sp³-hybridized carbons (Fsp3) is 0.400. The minimum atomic E-state index is -3.68. The van der Waals surface area contributed by atoms with Gasteiger partial charge in [0.05, 0.1) is 10.9 Å². The normalized spacial score (nSPS) is 20.8. The molecule has 2 unspecified atom stereocenters. The molecular weight excluding hydrogens is 466 g/mol. The number of aliphatic imine (C=N–C) groups is 1. The van der Waals surface area contributed by atoms with Gasteiger partial charge in [0.15, 0.2) is 0 Å². The number of likely N-dealkylation sites (tertiary alicyclic amines) is 1. The van der Waals surface area contributed by atoms with E-state index in [0.717, 1.165) is 37.8 Å². The van der Waals surface area contributed by atoms with Crippen LogP contribution in [0.5, 0.6) is 0 Å². The molecular formula is C25H31N5O4S. The monoisotopic (exact) mass is 497 g/mol. The fourth-order valence-corrected chi connectivity index (χ4v) is 5.82. The molecule has 0 saturated carbocycles. The second-order valence-corrected chi connectivity index (χ2v) is 10.6. The van der Waals surface area contributed by atoms with Crippen molar-refractivity contribution in [3.8, 4) is 0 Å². The number of amides is 2. The van der Waals surface area contributed by atoms with Crippen LogP contribution in [0, 0.1) is 0 Å². The average molecular weight is 498 g/mol. The maximum Gasteiger partial charge on any atom is 0.263 e. The summed E-state index contributed by atoms with van der Waals surface area (Å²) in [6.07, 6.45) is 3.83. The van der Waals surface area contributed by atoms with Crippen LogP contribution in [0.15, 0.2) is 58.4 Å². The number of anilines is 1. The lowest BCUT2D eigenvalue weighted by molar-refractivity contribution is -0.122. The Balaban J connectivity index is 1.51. The number of benzene rings is 2. The molecule has 186 valence electrons. The minimum Gasteiger partial charge on any atom is -0.368 e. The van der Waals surface area contributed by atoms with Crippen molar-refractivity contribution in [2.75, 3.05) is 11.9 Å². The van der Waals surface area contributed by atoms with Crippen LogP contribution in [0.1, 0.15) is 50.2 Å². The maximum atomic E-state index is 13.2. The molecule has 2 amide bonds. The largest absolute Gasteiger partial charge is 0.368 e. The van der Waals surface area contributed by atoms with Gasteiger partial charge in [-0.25, -0.2) is 8.42 Å². The summed E-state index contributed by atoms with van der Waals surface area (Å²) in [7, 11) is -3.68. The highest BCUT2D eigenvalue weighted by Gasteiger charge is 2.32. The standard InChI is InChI=1S/C25H31N5O4S/c1-2-3-11-20(28-24-19-10-4-5-13-22(19)35(33,34)29-24)25(32)27-18-9-6-8-17(15-18)16-30-14-7-12-21(30)23(26)31/h4-6,8-10,13,15,20-21H,2-3,7,11-12,14,16H2,1H3,(H2,26,31)(H,27,32)(H,28,29). The predicted molar refractivity (Wildman–Crippen MR) is 134 cm³/mol. The van der Waals surface area contributed by atoms with Gasteiger partial charge in [0, 0.05) is 17.8 Å². The van der Waals surface area contributed by atoms with Crippen molar-refractivity contribution in [2.24, 2.45) is 10.7 Å². The molecule has 0 bridgehead atoms. The number of sulfonamides is 1. The van der Waals surface area contributed by atoms with Crippen molar-refractivity contribution >= 4 is 33.4 Å². The minimum absolute atomic E-state index is 0.164. The number of fused-ring (bicyclic) bond motifs is 1. The van der Waals surface area contributed by atoms with Crippen LogP contribution in [-0.2, 0) is 26.2 Å². The van der Waals surface area contributed by atoms with E-state index in [-0.39, 0.29) is 28.6 Å². The maximum absolute atomic E-state index is 13.2. The van der Waals surface area contributed by atoms with E-state index in [0.29, 0.717) is 24.2 Å². The van der Waals surface area contributed by atoms with E-state index < -0.39 is 16.1 Å². The lowest BCUT2D eigenvalue weighted by Crippen LogP contribution is -2.39. The Morgan fingerprint density at radius 1 is 1.23 bits per heavy atom. The molecule has 0 spiro atoms. The van der Waals surface area contributed by atoms with Gasteiger partial charge in [0.1, 0.15) is 11.9 Å². The topological polar surface area (TPSA) is 134 Å². The zero-order valence-corrected chi connectivity index (χ0v) is 20.6. The van der Waals surface area contributed by atoms with Crippen LogP contribution < -0.4 is 15.8 Å². The highest BCUT2D eigenvalue weighted by atomic mass is 32.2. The third-order valence-corrected chi connectivity index (χ3v) is 7.75. The van der Waals surface area contributed by atoms with Crippen molar-refractivity contribution < 1.29 is 18.0 Å². The molecule has 0 aliphatic carbocycles. The molecule has 2 atom stereocenters. The number of amidine groups is 1. The van der Waals surface area contributed by atoms with Crippen LogP contribution in [0.3, 0.4) is 0 Å². The Kier molecular flexibility index (Phi) is 7.51. The van der Waals surface area contributed by atoms with Crippen LogP contribution in [0.25, 0.3) is 0 Å². The third kappa shape index (κ3) is 5.71. The summed E-state index contributed by atoms with van der Waals surface area (Å²) in [5.74, 6) is -0.422. The number of hydrogen-bond donors (Lipinski definition) is 3. The Morgan fingerprint density at radius 2 is 2.03 bits per heavy atom. The summed E-state index contributed by atoms with van der Waals surface area (Å²) in [6, 6.07) is 13.1. The number of unbranched alkanes of at least 4 members (excludes halogenated alkanes) is 1. The average Bonchev–Trinajstić information content (AvgIpc) is 3.39. The first kappa shape index (κ1) is 24.9. The molecule has 1 saturated heterocycles.